The van der Waals surface area contributed by atoms with Crippen LogP contribution in [0.2, 0.25) is 5.02 Å². The highest BCUT2D eigenvalue weighted by atomic mass is 35.5. The number of piperazine rings is 1. The van der Waals surface area contributed by atoms with Gasteiger partial charge in [0.2, 0.25) is 5.91 Å². The first-order chi connectivity index (χ1) is 14.6. The SMILES string of the molecule is O=C(CCn1nc(C(F)(F)F)c(Cl)c1C1CC1)N1CCN(S(=O)(=O)c2cccs2)CC1. The van der Waals surface area contributed by atoms with Gasteiger partial charge in [-0.05, 0) is 24.3 Å². The average molecular weight is 497 g/mol. The molecule has 1 aliphatic heterocycles. The van der Waals surface area contributed by atoms with Crippen molar-refractivity contribution in [2.24, 2.45) is 0 Å². The quantitative estimate of drug-likeness (QED) is 0.614. The van der Waals surface area contributed by atoms with Gasteiger partial charge in [0.1, 0.15) is 4.21 Å². The van der Waals surface area contributed by atoms with Crippen molar-refractivity contribution in [3.63, 3.8) is 0 Å². The number of carbonyl (C=O) groups excluding carboxylic acids is 1. The number of amides is 1. The van der Waals surface area contributed by atoms with Crippen molar-refractivity contribution in [1.82, 2.24) is 19.0 Å². The van der Waals surface area contributed by atoms with E-state index in [1.807, 2.05) is 0 Å². The zero-order chi connectivity index (χ0) is 22.4. The summed E-state index contributed by atoms with van der Waals surface area (Å²) in [5.74, 6) is -0.313. The van der Waals surface area contributed by atoms with Crippen molar-refractivity contribution in [3.8, 4) is 0 Å². The summed E-state index contributed by atoms with van der Waals surface area (Å²) in [6.07, 6.45) is -3.19. The number of aromatic nitrogens is 2. The van der Waals surface area contributed by atoms with Crippen LogP contribution >= 0.6 is 22.9 Å². The topological polar surface area (TPSA) is 75.5 Å². The molecule has 2 fully saturated rings. The average Bonchev–Trinajstić information content (AvgIpc) is 3.25. The lowest BCUT2D eigenvalue weighted by Crippen LogP contribution is -2.50. The van der Waals surface area contributed by atoms with Gasteiger partial charge in [-0.25, -0.2) is 8.42 Å². The van der Waals surface area contributed by atoms with Crippen molar-refractivity contribution in [1.29, 1.82) is 0 Å². The minimum Gasteiger partial charge on any atom is -0.340 e. The molecule has 0 bridgehead atoms. The second-order valence-corrected chi connectivity index (χ2v) is 11.0. The number of rotatable bonds is 6. The molecule has 0 unspecified atom stereocenters. The molecule has 1 aliphatic carbocycles. The highest BCUT2D eigenvalue weighted by Crippen LogP contribution is 2.46. The van der Waals surface area contributed by atoms with E-state index in [1.54, 1.807) is 17.5 Å². The van der Waals surface area contributed by atoms with Gasteiger partial charge in [-0.15, -0.1) is 11.3 Å². The Balaban J connectivity index is 1.37. The standard InChI is InChI=1S/C18H20ClF3N4O3S2/c19-15-16(12-3-4-12)26(23-17(15)18(20,21)22)6-5-13(27)24-7-9-25(10-8-24)31(28,29)14-2-1-11-30-14/h1-2,11-12H,3-10H2. The smallest absolute Gasteiger partial charge is 0.340 e. The maximum Gasteiger partial charge on any atom is 0.436 e. The minimum atomic E-state index is -4.65. The monoisotopic (exact) mass is 496 g/mol. The van der Waals surface area contributed by atoms with E-state index in [4.69, 9.17) is 11.6 Å². The summed E-state index contributed by atoms with van der Waals surface area (Å²) in [4.78, 5) is 14.1. The molecule has 1 saturated heterocycles. The van der Waals surface area contributed by atoms with Crippen LogP contribution in [0.5, 0.6) is 0 Å². The normalized spacial score (nSPS) is 18.5. The predicted molar refractivity (Wildman–Crippen MR) is 108 cm³/mol. The number of aryl methyl sites for hydroxylation is 1. The molecular formula is C18H20ClF3N4O3S2. The first-order valence-corrected chi connectivity index (χ1v) is 12.4. The second-order valence-electron chi connectivity index (χ2n) is 7.51. The maximum atomic E-state index is 13.2. The number of halogens is 4. The molecule has 170 valence electrons. The number of nitrogens with zero attached hydrogens (tertiary/aromatic N) is 4. The van der Waals surface area contributed by atoms with Crippen LogP contribution in [0.3, 0.4) is 0 Å². The summed E-state index contributed by atoms with van der Waals surface area (Å²) < 4.78 is 67.4. The number of sulfonamides is 1. The molecule has 4 rings (SSSR count). The van der Waals surface area contributed by atoms with Gasteiger partial charge in [0, 0.05) is 38.5 Å². The molecule has 7 nitrogen and oxygen atoms in total. The highest BCUT2D eigenvalue weighted by molar-refractivity contribution is 7.91. The molecular weight excluding hydrogens is 477 g/mol. The van der Waals surface area contributed by atoms with Crippen LogP contribution in [-0.2, 0) is 27.5 Å². The lowest BCUT2D eigenvalue weighted by molar-refractivity contribution is -0.141. The lowest BCUT2D eigenvalue weighted by atomic mass is 10.2. The van der Waals surface area contributed by atoms with Gasteiger partial charge in [0.15, 0.2) is 5.69 Å². The predicted octanol–water partition coefficient (Wildman–Crippen LogP) is 3.42. The van der Waals surface area contributed by atoms with Crippen molar-refractivity contribution >= 4 is 38.9 Å². The van der Waals surface area contributed by atoms with Crippen LogP contribution in [0.4, 0.5) is 13.2 Å². The van der Waals surface area contributed by atoms with E-state index >= 15 is 0 Å². The fourth-order valence-electron chi connectivity index (χ4n) is 3.63. The molecule has 0 N–H and O–H groups in total. The first-order valence-electron chi connectivity index (χ1n) is 9.74. The van der Waals surface area contributed by atoms with E-state index in [2.05, 4.69) is 5.10 Å². The van der Waals surface area contributed by atoms with Gasteiger partial charge in [-0.3, -0.25) is 9.48 Å². The zero-order valence-corrected chi connectivity index (χ0v) is 18.7. The minimum absolute atomic E-state index is 0.00578. The van der Waals surface area contributed by atoms with Crippen molar-refractivity contribution in [2.75, 3.05) is 26.2 Å². The summed E-state index contributed by atoms with van der Waals surface area (Å²) >= 11 is 7.09. The third kappa shape index (κ3) is 4.62. The molecule has 31 heavy (non-hydrogen) atoms. The summed E-state index contributed by atoms with van der Waals surface area (Å²) in [5.41, 5.74) is -0.774. The molecule has 1 saturated carbocycles. The van der Waals surface area contributed by atoms with E-state index in [1.165, 1.54) is 13.9 Å². The lowest BCUT2D eigenvalue weighted by Gasteiger charge is -2.33. The van der Waals surface area contributed by atoms with Crippen molar-refractivity contribution in [2.45, 2.75) is 42.1 Å². The van der Waals surface area contributed by atoms with E-state index in [9.17, 15) is 26.4 Å². The van der Waals surface area contributed by atoms with Gasteiger partial charge in [-0.2, -0.15) is 22.6 Å². The first kappa shape index (κ1) is 22.6. The van der Waals surface area contributed by atoms with Crippen LogP contribution in [0.1, 0.15) is 36.6 Å². The van der Waals surface area contributed by atoms with Crippen LogP contribution in [0.25, 0.3) is 0 Å². The summed E-state index contributed by atoms with van der Waals surface area (Å²) in [6.45, 7) is 0.795. The zero-order valence-electron chi connectivity index (χ0n) is 16.3. The number of thiophene rings is 1. The Morgan fingerprint density at radius 2 is 1.90 bits per heavy atom. The molecule has 0 aromatic carbocycles. The number of hydrogen-bond donors (Lipinski definition) is 0. The molecule has 1 amide bonds. The van der Waals surface area contributed by atoms with Crippen LogP contribution < -0.4 is 0 Å². The third-order valence-corrected chi connectivity index (χ3v) is 9.03. The molecule has 13 heteroatoms. The van der Waals surface area contributed by atoms with Crippen LogP contribution in [0, 0.1) is 0 Å². The van der Waals surface area contributed by atoms with E-state index in [0.29, 0.717) is 5.69 Å². The molecule has 0 atom stereocenters. The number of hydrogen-bond acceptors (Lipinski definition) is 5. The van der Waals surface area contributed by atoms with Gasteiger partial charge in [0.25, 0.3) is 10.0 Å². The molecule has 0 radical (unpaired) electrons. The molecule has 2 aromatic heterocycles. The van der Waals surface area contributed by atoms with Gasteiger partial charge >= 0.3 is 6.18 Å². The Labute approximate surface area is 186 Å². The van der Waals surface area contributed by atoms with Gasteiger partial charge in [0.05, 0.1) is 17.3 Å². The molecule has 3 heterocycles. The second kappa shape index (κ2) is 8.38. The van der Waals surface area contributed by atoms with Gasteiger partial charge < -0.3 is 4.90 Å². The third-order valence-electron chi connectivity index (χ3n) is 5.38. The fourth-order valence-corrected chi connectivity index (χ4v) is 6.59. The summed E-state index contributed by atoms with van der Waals surface area (Å²) in [7, 11) is -3.57. The van der Waals surface area contributed by atoms with E-state index in [0.717, 1.165) is 24.2 Å². The fraction of sp³-hybridized carbons (Fsp3) is 0.556. The number of carbonyl (C=O) groups is 1. The summed E-state index contributed by atoms with van der Waals surface area (Å²) in [6, 6.07) is 3.21. The molecule has 0 spiro atoms. The largest absolute Gasteiger partial charge is 0.436 e. The van der Waals surface area contributed by atoms with Gasteiger partial charge in [-0.1, -0.05) is 17.7 Å². The highest BCUT2D eigenvalue weighted by Gasteiger charge is 2.42. The molecule has 2 aliphatic rings. The van der Waals surface area contributed by atoms with Crippen molar-refractivity contribution < 1.29 is 26.4 Å². The Kier molecular flexibility index (Phi) is 6.10. The Bertz CT molecular complexity index is 1060. The molecule has 2 aromatic rings. The summed E-state index contributed by atoms with van der Waals surface area (Å²) in [5, 5.41) is 4.94. The van der Waals surface area contributed by atoms with Crippen LogP contribution in [0.15, 0.2) is 21.7 Å². The van der Waals surface area contributed by atoms with Crippen molar-refractivity contribution in [3.05, 3.63) is 33.9 Å². The Morgan fingerprint density at radius 3 is 2.45 bits per heavy atom. The number of alkyl halides is 3. The van der Waals surface area contributed by atoms with Crippen LogP contribution in [-0.4, -0.2) is 59.5 Å². The Morgan fingerprint density at radius 1 is 1.23 bits per heavy atom. The van der Waals surface area contributed by atoms with E-state index < -0.39 is 21.9 Å². The van der Waals surface area contributed by atoms with E-state index in [-0.39, 0.29) is 60.2 Å². The maximum absolute atomic E-state index is 13.2. The Hall–Kier alpha value is -1.63.